The number of hydrogen-bond donors (Lipinski definition) is 1. The quantitative estimate of drug-likeness (QED) is 0.747. The molecule has 12 heavy (non-hydrogen) atoms. The first-order chi connectivity index (χ1) is 5.56. The molecule has 0 bridgehead atoms. The molecule has 1 radical (unpaired) electrons. The maximum absolute atomic E-state index is 11.2. The van der Waals surface area contributed by atoms with E-state index in [9.17, 15) is 8.42 Å². The van der Waals surface area contributed by atoms with E-state index >= 15 is 0 Å². The van der Waals surface area contributed by atoms with Gasteiger partial charge in [0.25, 0.3) is 0 Å². The Labute approximate surface area is 71.6 Å². The summed E-state index contributed by atoms with van der Waals surface area (Å²) >= 11 is 0. The van der Waals surface area contributed by atoms with Crippen molar-refractivity contribution in [1.82, 2.24) is 0 Å². The summed E-state index contributed by atoms with van der Waals surface area (Å²) in [5.74, 6) is -0.115. The van der Waals surface area contributed by atoms with Crippen LogP contribution < -0.4 is 0 Å². The molecule has 65 valence electrons. The molecule has 4 heteroatoms. The number of benzene rings is 1. The first-order valence-corrected chi connectivity index (χ1v) is 5.02. The monoisotopic (exact) mass is 185 g/mol. The molecule has 0 amide bonds. The summed E-state index contributed by atoms with van der Waals surface area (Å²) in [6.45, 7) is 3.31. The van der Waals surface area contributed by atoms with Gasteiger partial charge in [0.15, 0.2) is 9.84 Å². The van der Waals surface area contributed by atoms with Crippen molar-refractivity contribution in [2.75, 3.05) is 5.75 Å². The van der Waals surface area contributed by atoms with Crippen molar-refractivity contribution in [2.24, 2.45) is 0 Å². The molecule has 0 aliphatic heterocycles. The second kappa shape index (κ2) is 3.15. The molecule has 0 atom stereocenters. The van der Waals surface area contributed by atoms with Gasteiger partial charge in [0.2, 0.25) is 0 Å². The molecule has 0 aromatic heterocycles. The average Bonchev–Trinajstić information content (AvgIpc) is 2.05. The van der Waals surface area contributed by atoms with Crippen molar-refractivity contribution in [3.63, 3.8) is 0 Å². The Morgan fingerprint density at radius 2 is 1.75 bits per heavy atom. The van der Waals surface area contributed by atoms with E-state index in [0.29, 0.717) is 0 Å². The summed E-state index contributed by atoms with van der Waals surface area (Å²) in [5.41, 5.74) is 0. The number of aromatic hydroxyl groups is 1. The largest absolute Gasteiger partial charge is 0.508 e. The molecule has 0 spiro atoms. The van der Waals surface area contributed by atoms with Crippen LogP contribution in [0, 0.1) is 6.92 Å². The number of sulfone groups is 1. The third-order valence-electron chi connectivity index (χ3n) is 1.46. The molecule has 0 saturated heterocycles. The normalized spacial score (nSPS) is 11.4. The highest BCUT2D eigenvalue weighted by Crippen LogP contribution is 2.14. The van der Waals surface area contributed by atoms with E-state index in [-0.39, 0.29) is 16.4 Å². The molecule has 1 aromatic carbocycles. The van der Waals surface area contributed by atoms with Crippen LogP contribution in [-0.2, 0) is 9.84 Å². The summed E-state index contributed by atoms with van der Waals surface area (Å²) in [6.07, 6.45) is 0. The Morgan fingerprint density at radius 3 is 2.17 bits per heavy atom. The highest BCUT2D eigenvalue weighted by atomic mass is 32.2. The van der Waals surface area contributed by atoms with E-state index in [2.05, 4.69) is 6.92 Å². The van der Waals surface area contributed by atoms with E-state index < -0.39 is 9.84 Å². The molecular formula is C8H9O3S. The molecule has 0 aliphatic carbocycles. The fourth-order valence-corrected chi connectivity index (χ4v) is 1.56. The van der Waals surface area contributed by atoms with Crippen LogP contribution in [0.3, 0.4) is 0 Å². The summed E-state index contributed by atoms with van der Waals surface area (Å²) in [5, 5.41) is 8.88. The van der Waals surface area contributed by atoms with Crippen LogP contribution in [0.5, 0.6) is 5.75 Å². The Bertz CT molecular complexity index is 350. The first kappa shape index (κ1) is 9.06. The van der Waals surface area contributed by atoms with E-state index in [4.69, 9.17) is 5.11 Å². The van der Waals surface area contributed by atoms with Gasteiger partial charge in [0.05, 0.1) is 10.6 Å². The third-order valence-corrected chi connectivity index (χ3v) is 2.99. The Morgan fingerprint density at radius 1 is 1.25 bits per heavy atom. The van der Waals surface area contributed by atoms with Crippen LogP contribution in [0.4, 0.5) is 0 Å². The minimum Gasteiger partial charge on any atom is -0.508 e. The maximum Gasteiger partial charge on any atom is 0.178 e. The summed E-state index contributed by atoms with van der Waals surface area (Å²) in [6, 6.07) is 5.39. The van der Waals surface area contributed by atoms with E-state index in [1.165, 1.54) is 24.3 Å². The lowest BCUT2D eigenvalue weighted by molar-refractivity contribution is 0.475. The lowest BCUT2D eigenvalue weighted by Gasteiger charge is -1.99. The fourth-order valence-electron chi connectivity index (χ4n) is 0.771. The summed E-state index contributed by atoms with van der Waals surface area (Å²) in [7, 11) is -3.24. The predicted octanol–water partition coefficient (Wildman–Crippen LogP) is 1.000. The minimum atomic E-state index is -3.24. The average molecular weight is 185 g/mol. The maximum atomic E-state index is 11.2. The van der Waals surface area contributed by atoms with Gasteiger partial charge in [-0.25, -0.2) is 8.42 Å². The second-order valence-electron chi connectivity index (χ2n) is 2.31. The molecule has 0 fully saturated rings. The predicted molar refractivity (Wildman–Crippen MR) is 45.5 cm³/mol. The van der Waals surface area contributed by atoms with Crippen molar-refractivity contribution < 1.29 is 13.5 Å². The zero-order valence-corrected chi connectivity index (χ0v) is 7.21. The van der Waals surface area contributed by atoms with Crippen LogP contribution >= 0.6 is 0 Å². The second-order valence-corrected chi connectivity index (χ2v) is 4.42. The van der Waals surface area contributed by atoms with Crippen molar-refractivity contribution in [3.8, 4) is 5.75 Å². The van der Waals surface area contributed by atoms with Crippen LogP contribution in [0.15, 0.2) is 29.2 Å². The number of phenols is 1. The smallest absolute Gasteiger partial charge is 0.178 e. The van der Waals surface area contributed by atoms with Gasteiger partial charge in [-0.1, -0.05) is 0 Å². The lowest BCUT2D eigenvalue weighted by atomic mass is 10.3. The molecule has 0 heterocycles. The summed E-state index contributed by atoms with van der Waals surface area (Å²) in [4.78, 5) is 0.190. The Balaban J connectivity index is 3.14. The van der Waals surface area contributed by atoms with Gasteiger partial charge in [-0.15, -0.1) is 0 Å². The molecule has 1 aromatic rings. The van der Waals surface area contributed by atoms with Gasteiger partial charge in [-0.2, -0.15) is 0 Å². The van der Waals surface area contributed by atoms with Gasteiger partial charge >= 0.3 is 0 Å². The zero-order valence-electron chi connectivity index (χ0n) is 6.40. The topological polar surface area (TPSA) is 54.4 Å². The molecule has 0 aliphatic rings. The highest BCUT2D eigenvalue weighted by molar-refractivity contribution is 7.91. The Hall–Kier alpha value is -1.03. The molecule has 0 saturated carbocycles. The number of rotatable bonds is 2. The molecule has 1 N–H and O–H groups in total. The van der Waals surface area contributed by atoms with Crippen LogP contribution in [0.25, 0.3) is 0 Å². The SMILES string of the molecule is [CH2]CS(=O)(=O)c1ccc(O)cc1. The summed E-state index contributed by atoms with van der Waals surface area (Å²) < 4.78 is 22.3. The van der Waals surface area contributed by atoms with Gasteiger partial charge in [0.1, 0.15) is 5.75 Å². The van der Waals surface area contributed by atoms with Crippen molar-refractivity contribution in [2.45, 2.75) is 4.90 Å². The highest BCUT2D eigenvalue weighted by Gasteiger charge is 2.09. The van der Waals surface area contributed by atoms with Gasteiger partial charge in [-0.05, 0) is 31.2 Å². The molecular weight excluding hydrogens is 176 g/mol. The first-order valence-electron chi connectivity index (χ1n) is 3.37. The number of hydrogen-bond acceptors (Lipinski definition) is 3. The molecule has 0 unspecified atom stereocenters. The third kappa shape index (κ3) is 1.76. The van der Waals surface area contributed by atoms with Crippen LogP contribution in [0.2, 0.25) is 0 Å². The van der Waals surface area contributed by atoms with Gasteiger partial charge in [-0.3, -0.25) is 0 Å². The van der Waals surface area contributed by atoms with Crippen molar-refractivity contribution >= 4 is 9.84 Å². The lowest BCUT2D eigenvalue weighted by Crippen LogP contribution is -2.02. The van der Waals surface area contributed by atoms with Gasteiger partial charge < -0.3 is 5.11 Å². The minimum absolute atomic E-state index is 0.0537. The van der Waals surface area contributed by atoms with Crippen molar-refractivity contribution in [3.05, 3.63) is 31.2 Å². The van der Waals surface area contributed by atoms with Crippen LogP contribution in [0.1, 0.15) is 0 Å². The van der Waals surface area contributed by atoms with E-state index in [1.807, 2.05) is 0 Å². The zero-order chi connectivity index (χ0) is 9.19. The van der Waals surface area contributed by atoms with Gasteiger partial charge in [0, 0.05) is 0 Å². The standard InChI is InChI=1S/C8H9O3S/c1-2-12(10,11)8-5-3-7(9)4-6-8/h3-6,9H,1-2H2. The van der Waals surface area contributed by atoms with E-state index in [0.717, 1.165) is 0 Å². The molecule has 3 nitrogen and oxygen atoms in total. The fraction of sp³-hybridized carbons (Fsp3) is 0.125. The van der Waals surface area contributed by atoms with Crippen molar-refractivity contribution in [1.29, 1.82) is 0 Å². The Kier molecular flexibility index (Phi) is 2.38. The number of phenolic OH excluding ortho intramolecular Hbond substituents is 1. The molecule has 1 rings (SSSR count). The van der Waals surface area contributed by atoms with E-state index in [1.54, 1.807) is 0 Å². The van der Waals surface area contributed by atoms with Crippen LogP contribution in [-0.4, -0.2) is 19.3 Å².